The molecule has 3 rings (SSSR count). The number of hydrogen-bond donors (Lipinski definition) is 1. The number of nitrogens with one attached hydrogen (secondary N) is 1. The Morgan fingerprint density at radius 3 is 2.75 bits per heavy atom. The molecule has 24 heavy (non-hydrogen) atoms. The van der Waals surface area contributed by atoms with Gasteiger partial charge in [0.05, 0.1) is 13.2 Å². The van der Waals surface area contributed by atoms with Gasteiger partial charge in [0.15, 0.2) is 0 Å². The largest absolute Gasteiger partial charge is 0.378 e. The Hall–Kier alpha value is -2.47. The van der Waals surface area contributed by atoms with Crippen LogP contribution in [0.25, 0.3) is 0 Å². The smallest absolute Gasteiger partial charge is 0.272 e. The number of benzene rings is 1. The fourth-order valence-electron chi connectivity index (χ4n) is 2.71. The molecule has 1 aliphatic rings. The van der Waals surface area contributed by atoms with Crippen molar-refractivity contribution in [3.8, 4) is 0 Å². The van der Waals surface area contributed by atoms with E-state index in [9.17, 15) is 4.79 Å². The molecule has 0 radical (unpaired) electrons. The van der Waals surface area contributed by atoms with Crippen LogP contribution in [0.15, 0.2) is 30.3 Å². The van der Waals surface area contributed by atoms with Gasteiger partial charge < -0.3 is 15.0 Å². The van der Waals surface area contributed by atoms with Crippen molar-refractivity contribution in [3.05, 3.63) is 53.0 Å². The van der Waals surface area contributed by atoms with Gasteiger partial charge in [-0.15, -0.1) is 0 Å². The minimum Gasteiger partial charge on any atom is -0.378 e. The molecule has 2 aromatic rings. The molecule has 126 valence electrons. The van der Waals surface area contributed by atoms with Crippen molar-refractivity contribution in [1.29, 1.82) is 0 Å². The van der Waals surface area contributed by atoms with Crippen LogP contribution < -0.4 is 5.32 Å². The molecule has 0 unspecified atom stereocenters. The Balaban J connectivity index is 1.72. The number of morpholine rings is 1. The van der Waals surface area contributed by atoms with E-state index in [4.69, 9.17) is 4.74 Å². The molecule has 0 saturated carbocycles. The topological polar surface area (TPSA) is 67.4 Å². The second-order valence-corrected chi connectivity index (χ2v) is 5.93. The van der Waals surface area contributed by atoms with Gasteiger partial charge in [0.1, 0.15) is 17.3 Å². The minimum atomic E-state index is -0.0672. The summed E-state index contributed by atoms with van der Waals surface area (Å²) in [6.45, 7) is 6.89. The maximum atomic E-state index is 12.6. The molecule has 0 atom stereocenters. The Bertz CT molecular complexity index is 727. The molecule has 1 aliphatic heterocycles. The lowest BCUT2D eigenvalue weighted by atomic mass is 10.1. The molecule has 6 heteroatoms. The fourth-order valence-corrected chi connectivity index (χ4v) is 2.71. The zero-order chi connectivity index (χ0) is 16.9. The van der Waals surface area contributed by atoms with Crippen molar-refractivity contribution < 1.29 is 9.53 Å². The second kappa shape index (κ2) is 7.40. The molecule has 1 N–H and O–H groups in total. The number of anilines is 1. The number of ether oxygens (including phenoxy) is 1. The first kappa shape index (κ1) is 16.4. The van der Waals surface area contributed by atoms with Crippen molar-refractivity contribution >= 4 is 11.7 Å². The van der Waals surface area contributed by atoms with E-state index >= 15 is 0 Å². The standard InChI is InChI=1S/C18H22N4O2/c1-13-4-3-5-15(10-13)12-19-17-11-16(20-14(2)21-17)18(23)22-6-8-24-9-7-22/h3-5,10-11H,6-9,12H2,1-2H3,(H,19,20,21). The van der Waals surface area contributed by atoms with Crippen LogP contribution in [0, 0.1) is 13.8 Å². The average molecular weight is 326 g/mol. The molecule has 0 bridgehead atoms. The predicted molar refractivity (Wildman–Crippen MR) is 92.0 cm³/mol. The first-order valence-electron chi connectivity index (χ1n) is 8.14. The highest BCUT2D eigenvalue weighted by Crippen LogP contribution is 2.12. The summed E-state index contributed by atoms with van der Waals surface area (Å²) < 4.78 is 5.29. The van der Waals surface area contributed by atoms with E-state index < -0.39 is 0 Å². The maximum Gasteiger partial charge on any atom is 0.272 e. The lowest BCUT2D eigenvalue weighted by Crippen LogP contribution is -2.41. The summed E-state index contributed by atoms with van der Waals surface area (Å²) in [5.41, 5.74) is 2.82. The third kappa shape index (κ3) is 4.08. The molecule has 1 saturated heterocycles. The number of nitrogens with zero attached hydrogens (tertiary/aromatic N) is 3. The molecule has 0 spiro atoms. The second-order valence-electron chi connectivity index (χ2n) is 5.93. The van der Waals surface area contributed by atoms with Gasteiger partial charge in [-0.25, -0.2) is 9.97 Å². The summed E-state index contributed by atoms with van der Waals surface area (Å²) in [6.07, 6.45) is 0. The summed E-state index contributed by atoms with van der Waals surface area (Å²) in [7, 11) is 0. The summed E-state index contributed by atoms with van der Waals surface area (Å²) in [5, 5.41) is 3.28. The van der Waals surface area contributed by atoms with Crippen LogP contribution in [0.4, 0.5) is 5.82 Å². The summed E-state index contributed by atoms with van der Waals surface area (Å²) in [5.74, 6) is 1.18. The van der Waals surface area contributed by atoms with Crippen molar-refractivity contribution in [1.82, 2.24) is 14.9 Å². The lowest BCUT2D eigenvalue weighted by Gasteiger charge is -2.26. The third-order valence-corrected chi connectivity index (χ3v) is 3.91. The van der Waals surface area contributed by atoms with Gasteiger partial charge in [0.25, 0.3) is 5.91 Å². The van der Waals surface area contributed by atoms with Gasteiger partial charge in [0.2, 0.25) is 0 Å². The zero-order valence-corrected chi connectivity index (χ0v) is 14.1. The number of aromatic nitrogens is 2. The van der Waals surface area contributed by atoms with Crippen molar-refractivity contribution in [3.63, 3.8) is 0 Å². The van der Waals surface area contributed by atoms with Gasteiger partial charge in [0, 0.05) is 25.7 Å². The zero-order valence-electron chi connectivity index (χ0n) is 14.1. The number of carbonyl (C=O) groups excluding carboxylic acids is 1. The Morgan fingerprint density at radius 1 is 1.21 bits per heavy atom. The van der Waals surface area contributed by atoms with Crippen LogP contribution in [0.3, 0.4) is 0 Å². The third-order valence-electron chi connectivity index (χ3n) is 3.91. The van der Waals surface area contributed by atoms with E-state index in [2.05, 4.69) is 40.4 Å². The fraction of sp³-hybridized carbons (Fsp3) is 0.389. The number of rotatable bonds is 4. The Kier molecular flexibility index (Phi) is 5.05. The highest BCUT2D eigenvalue weighted by Gasteiger charge is 2.20. The number of hydrogen-bond acceptors (Lipinski definition) is 5. The van der Waals surface area contributed by atoms with Crippen LogP contribution in [0.1, 0.15) is 27.4 Å². The summed E-state index contributed by atoms with van der Waals surface area (Å²) in [4.78, 5) is 23.0. The normalized spacial score (nSPS) is 14.5. The predicted octanol–water partition coefficient (Wildman–Crippen LogP) is 2.18. The van der Waals surface area contributed by atoms with Gasteiger partial charge in [-0.05, 0) is 19.4 Å². The molecule has 1 aromatic heterocycles. The lowest BCUT2D eigenvalue weighted by molar-refractivity contribution is 0.0299. The van der Waals surface area contributed by atoms with Crippen LogP contribution >= 0.6 is 0 Å². The van der Waals surface area contributed by atoms with Gasteiger partial charge in [-0.1, -0.05) is 29.8 Å². The van der Waals surface area contributed by atoms with E-state index in [1.54, 1.807) is 17.9 Å². The molecule has 0 aliphatic carbocycles. The van der Waals surface area contributed by atoms with Crippen LogP contribution in [-0.2, 0) is 11.3 Å². The molecule has 1 fully saturated rings. The van der Waals surface area contributed by atoms with Crippen LogP contribution in [0.2, 0.25) is 0 Å². The number of carbonyl (C=O) groups is 1. The van der Waals surface area contributed by atoms with Gasteiger partial charge in [-0.2, -0.15) is 0 Å². The molecule has 1 amide bonds. The molecule has 2 heterocycles. The first-order valence-corrected chi connectivity index (χ1v) is 8.14. The minimum absolute atomic E-state index is 0.0672. The molecule has 1 aromatic carbocycles. The van der Waals surface area contributed by atoms with Gasteiger partial charge >= 0.3 is 0 Å². The van der Waals surface area contributed by atoms with E-state index in [0.29, 0.717) is 50.2 Å². The summed E-state index contributed by atoms with van der Waals surface area (Å²) in [6, 6.07) is 10.0. The number of aryl methyl sites for hydroxylation is 2. The van der Waals surface area contributed by atoms with Crippen molar-refractivity contribution in [2.45, 2.75) is 20.4 Å². The van der Waals surface area contributed by atoms with Crippen LogP contribution in [-0.4, -0.2) is 47.1 Å². The Labute approximate surface area is 141 Å². The number of amides is 1. The Morgan fingerprint density at radius 2 is 2.00 bits per heavy atom. The molecular formula is C18H22N4O2. The van der Waals surface area contributed by atoms with Crippen molar-refractivity contribution in [2.75, 3.05) is 31.6 Å². The highest BCUT2D eigenvalue weighted by atomic mass is 16.5. The molecule has 6 nitrogen and oxygen atoms in total. The van der Waals surface area contributed by atoms with E-state index in [0.717, 1.165) is 0 Å². The first-order chi connectivity index (χ1) is 11.6. The van der Waals surface area contributed by atoms with E-state index in [1.165, 1.54) is 11.1 Å². The molecular weight excluding hydrogens is 304 g/mol. The van der Waals surface area contributed by atoms with Gasteiger partial charge in [-0.3, -0.25) is 4.79 Å². The highest BCUT2D eigenvalue weighted by molar-refractivity contribution is 5.93. The SMILES string of the molecule is Cc1cccc(CNc2cc(C(=O)N3CCOCC3)nc(C)n2)c1. The maximum absolute atomic E-state index is 12.6. The van der Waals surface area contributed by atoms with E-state index in [1.807, 2.05) is 6.07 Å². The average Bonchev–Trinajstić information content (AvgIpc) is 2.60. The monoisotopic (exact) mass is 326 g/mol. The quantitative estimate of drug-likeness (QED) is 0.933. The van der Waals surface area contributed by atoms with E-state index in [-0.39, 0.29) is 5.91 Å². The van der Waals surface area contributed by atoms with Crippen LogP contribution in [0.5, 0.6) is 0 Å². The van der Waals surface area contributed by atoms with Crippen molar-refractivity contribution in [2.24, 2.45) is 0 Å². The summed E-state index contributed by atoms with van der Waals surface area (Å²) >= 11 is 0.